The van der Waals surface area contributed by atoms with Gasteiger partial charge in [-0.25, -0.2) is 0 Å². The Labute approximate surface area is 107 Å². The van der Waals surface area contributed by atoms with E-state index in [1.165, 1.54) is 6.92 Å². The van der Waals surface area contributed by atoms with Gasteiger partial charge in [0.05, 0.1) is 12.1 Å². The highest BCUT2D eigenvalue weighted by molar-refractivity contribution is 5.91. The van der Waals surface area contributed by atoms with Gasteiger partial charge in [0.15, 0.2) is 5.78 Å². The Morgan fingerprint density at radius 3 is 2.61 bits per heavy atom. The van der Waals surface area contributed by atoms with Gasteiger partial charge >= 0.3 is 0 Å². The molecule has 2 atom stereocenters. The summed E-state index contributed by atoms with van der Waals surface area (Å²) < 4.78 is 0. The summed E-state index contributed by atoms with van der Waals surface area (Å²) in [6, 6.07) is 9.36. The third-order valence-electron chi connectivity index (χ3n) is 3.38. The summed E-state index contributed by atoms with van der Waals surface area (Å²) in [4.78, 5) is 25.3. The predicted octanol–water partition coefficient (Wildman–Crippen LogP) is 0.617. The van der Waals surface area contributed by atoms with Crippen LogP contribution < -0.4 is 5.32 Å². The summed E-state index contributed by atoms with van der Waals surface area (Å²) in [5.74, 6) is -0.0545. The summed E-state index contributed by atoms with van der Waals surface area (Å²) in [5.41, 5.74) is 1.13. The predicted molar refractivity (Wildman–Crippen MR) is 69.2 cm³/mol. The second kappa shape index (κ2) is 5.31. The van der Waals surface area contributed by atoms with E-state index >= 15 is 0 Å². The lowest BCUT2D eigenvalue weighted by Crippen LogP contribution is -2.61. The van der Waals surface area contributed by atoms with Crippen LogP contribution in [0.15, 0.2) is 30.3 Å². The fourth-order valence-electron chi connectivity index (χ4n) is 2.25. The topological polar surface area (TPSA) is 49.4 Å². The quantitative estimate of drug-likeness (QED) is 0.850. The van der Waals surface area contributed by atoms with Crippen LogP contribution in [0.5, 0.6) is 0 Å². The third kappa shape index (κ3) is 2.76. The molecule has 0 unspecified atom stereocenters. The fraction of sp³-hybridized carbons (Fsp3) is 0.429. The van der Waals surface area contributed by atoms with Crippen molar-refractivity contribution in [2.45, 2.75) is 25.4 Å². The van der Waals surface area contributed by atoms with Gasteiger partial charge in [-0.05, 0) is 26.0 Å². The Bertz CT molecular complexity index is 444. The SMILES string of the molecule is CC(=O)[C@H]1CN(C)[C@@H](Cc2ccccc2)C(=O)N1. The van der Waals surface area contributed by atoms with E-state index in [0.29, 0.717) is 13.0 Å². The van der Waals surface area contributed by atoms with Crippen LogP contribution >= 0.6 is 0 Å². The Kier molecular flexibility index (Phi) is 3.77. The number of carbonyl (C=O) groups excluding carboxylic acids is 2. The molecule has 0 radical (unpaired) electrons. The minimum absolute atomic E-state index is 0.00774. The van der Waals surface area contributed by atoms with Gasteiger partial charge < -0.3 is 5.32 Å². The minimum atomic E-state index is -0.366. The molecule has 1 aromatic rings. The van der Waals surface area contributed by atoms with Crippen molar-refractivity contribution in [3.05, 3.63) is 35.9 Å². The summed E-state index contributed by atoms with van der Waals surface area (Å²) in [7, 11) is 1.89. The van der Waals surface area contributed by atoms with Crippen LogP contribution in [0.4, 0.5) is 0 Å². The number of nitrogens with zero attached hydrogens (tertiary/aromatic N) is 1. The van der Waals surface area contributed by atoms with Crippen LogP contribution in [0.25, 0.3) is 0 Å². The van der Waals surface area contributed by atoms with Gasteiger partial charge in [0, 0.05) is 6.54 Å². The molecule has 1 fully saturated rings. The maximum Gasteiger partial charge on any atom is 0.238 e. The highest BCUT2D eigenvalue weighted by Gasteiger charge is 2.33. The van der Waals surface area contributed by atoms with Gasteiger partial charge in [-0.1, -0.05) is 30.3 Å². The van der Waals surface area contributed by atoms with E-state index in [2.05, 4.69) is 5.32 Å². The summed E-state index contributed by atoms with van der Waals surface area (Å²) in [6.45, 7) is 2.09. The molecule has 1 heterocycles. The zero-order valence-electron chi connectivity index (χ0n) is 10.7. The van der Waals surface area contributed by atoms with Gasteiger partial charge in [0.25, 0.3) is 0 Å². The molecule has 0 spiro atoms. The monoisotopic (exact) mass is 246 g/mol. The van der Waals surface area contributed by atoms with Gasteiger partial charge in [0.1, 0.15) is 0 Å². The minimum Gasteiger partial charge on any atom is -0.344 e. The average Bonchev–Trinajstić information content (AvgIpc) is 2.34. The molecule has 1 aliphatic rings. The van der Waals surface area contributed by atoms with Crippen molar-refractivity contribution >= 4 is 11.7 Å². The zero-order chi connectivity index (χ0) is 13.1. The lowest BCUT2D eigenvalue weighted by molar-refractivity contribution is -0.134. The van der Waals surface area contributed by atoms with Crippen LogP contribution in [0.2, 0.25) is 0 Å². The van der Waals surface area contributed by atoms with E-state index in [1.807, 2.05) is 42.3 Å². The number of Topliss-reactive ketones (excluding diaryl/α,β-unsaturated/α-hetero) is 1. The first-order valence-corrected chi connectivity index (χ1v) is 6.13. The normalized spacial score (nSPS) is 24.7. The number of hydrogen-bond acceptors (Lipinski definition) is 3. The van der Waals surface area contributed by atoms with E-state index in [4.69, 9.17) is 0 Å². The lowest BCUT2D eigenvalue weighted by Gasteiger charge is -2.36. The largest absolute Gasteiger partial charge is 0.344 e. The van der Waals surface area contributed by atoms with Crippen LogP contribution in [0.3, 0.4) is 0 Å². The Morgan fingerprint density at radius 2 is 2.06 bits per heavy atom. The summed E-state index contributed by atoms with van der Waals surface area (Å²) >= 11 is 0. The molecule has 0 bridgehead atoms. The first-order chi connectivity index (χ1) is 8.58. The fourth-order valence-corrected chi connectivity index (χ4v) is 2.25. The molecule has 1 aromatic carbocycles. The lowest BCUT2D eigenvalue weighted by atomic mass is 10.00. The van der Waals surface area contributed by atoms with Crippen molar-refractivity contribution in [2.24, 2.45) is 0 Å². The first-order valence-electron chi connectivity index (χ1n) is 6.13. The number of amides is 1. The number of ketones is 1. The number of piperazine rings is 1. The van der Waals surface area contributed by atoms with E-state index in [-0.39, 0.29) is 23.8 Å². The van der Waals surface area contributed by atoms with Gasteiger partial charge in [-0.15, -0.1) is 0 Å². The second-order valence-electron chi connectivity index (χ2n) is 4.82. The number of carbonyl (C=O) groups is 2. The van der Waals surface area contributed by atoms with Crippen molar-refractivity contribution in [3.63, 3.8) is 0 Å². The number of rotatable bonds is 3. The number of benzene rings is 1. The summed E-state index contributed by atoms with van der Waals surface area (Å²) in [5, 5.41) is 2.79. The first kappa shape index (κ1) is 12.8. The molecular weight excluding hydrogens is 228 g/mol. The summed E-state index contributed by atoms with van der Waals surface area (Å²) in [6.07, 6.45) is 0.674. The Balaban J connectivity index is 2.06. The van der Waals surface area contributed by atoms with E-state index in [9.17, 15) is 9.59 Å². The van der Waals surface area contributed by atoms with E-state index in [1.54, 1.807) is 0 Å². The molecule has 2 rings (SSSR count). The van der Waals surface area contributed by atoms with Gasteiger partial charge in [0.2, 0.25) is 5.91 Å². The van der Waals surface area contributed by atoms with Crippen molar-refractivity contribution in [2.75, 3.05) is 13.6 Å². The van der Waals surface area contributed by atoms with Crippen molar-refractivity contribution < 1.29 is 9.59 Å². The molecular formula is C14H18N2O2. The van der Waals surface area contributed by atoms with Crippen LogP contribution in [-0.2, 0) is 16.0 Å². The third-order valence-corrected chi connectivity index (χ3v) is 3.38. The van der Waals surface area contributed by atoms with Gasteiger partial charge in [-0.3, -0.25) is 14.5 Å². The molecule has 4 nitrogen and oxygen atoms in total. The average molecular weight is 246 g/mol. The molecule has 1 aliphatic heterocycles. The molecule has 0 aromatic heterocycles. The molecule has 0 aliphatic carbocycles. The van der Waals surface area contributed by atoms with Crippen molar-refractivity contribution in [1.82, 2.24) is 10.2 Å². The maximum atomic E-state index is 12.0. The van der Waals surface area contributed by atoms with E-state index < -0.39 is 0 Å². The molecule has 1 saturated heterocycles. The highest BCUT2D eigenvalue weighted by atomic mass is 16.2. The van der Waals surface area contributed by atoms with E-state index in [0.717, 1.165) is 5.56 Å². The van der Waals surface area contributed by atoms with Crippen LogP contribution in [0.1, 0.15) is 12.5 Å². The molecule has 1 amide bonds. The zero-order valence-corrected chi connectivity index (χ0v) is 10.7. The smallest absolute Gasteiger partial charge is 0.238 e. The maximum absolute atomic E-state index is 12.0. The number of nitrogens with one attached hydrogen (secondary N) is 1. The molecule has 1 N–H and O–H groups in total. The Morgan fingerprint density at radius 1 is 1.39 bits per heavy atom. The highest BCUT2D eigenvalue weighted by Crippen LogP contribution is 2.12. The van der Waals surface area contributed by atoms with Crippen molar-refractivity contribution in [1.29, 1.82) is 0 Å². The standard InChI is InChI=1S/C14H18N2O2/c1-10(17)12-9-16(2)13(14(18)15-12)8-11-6-4-3-5-7-11/h3-7,12-13H,8-9H2,1-2H3,(H,15,18)/t12-,13+/m1/s1. The molecule has 18 heavy (non-hydrogen) atoms. The number of likely N-dealkylation sites (N-methyl/N-ethyl adjacent to an activating group) is 1. The number of hydrogen-bond donors (Lipinski definition) is 1. The molecule has 4 heteroatoms. The van der Waals surface area contributed by atoms with Gasteiger partial charge in [-0.2, -0.15) is 0 Å². The molecule has 96 valence electrons. The molecule has 0 saturated carbocycles. The van der Waals surface area contributed by atoms with Crippen LogP contribution in [-0.4, -0.2) is 42.3 Å². The Hall–Kier alpha value is -1.68. The van der Waals surface area contributed by atoms with Crippen molar-refractivity contribution in [3.8, 4) is 0 Å². The van der Waals surface area contributed by atoms with Crippen LogP contribution in [0, 0.1) is 0 Å². The second-order valence-corrected chi connectivity index (χ2v) is 4.82.